The Balaban J connectivity index is 1.66. The van der Waals surface area contributed by atoms with Crippen LogP contribution in [0.15, 0.2) is 12.4 Å². The number of anilines is 1. The quantitative estimate of drug-likeness (QED) is 0.762. The van der Waals surface area contributed by atoms with Crippen LogP contribution in [0.25, 0.3) is 5.78 Å². The zero-order valence-corrected chi connectivity index (χ0v) is 12.6. The smallest absolute Gasteiger partial charge is 0.365 e. The number of hydrogen-bond acceptors (Lipinski definition) is 6. The number of halogens is 3. The van der Waals surface area contributed by atoms with E-state index in [1.807, 2.05) is 6.92 Å². The summed E-state index contributed by atoms with van der Waals surface area (Å²) in [6.45, 7) is 2.33. The third kappa shape index (κ3) is 2.55. The first kappa shape index (κ1) is 14.8. The summed E-state index contributed by atoms with van der Waals surface area (Å²) >= 11 is 0. The highest BCUT2D eigenvalue weighted by molar-refractivity contribution is 5.46. The van der Waals surface area contributed by atoms with Crippen LogP contribution in [0.4, 0.5) is 19.0 Å². The first-order valence-corrected chi connectivity index (χ1v) is 7.35. The van der Waals surface area contributed by atoms with Crippen LogP contribution in [0.1, 0.15) is 23.8 Å². The van der Waals surface area contributed by atoms with Gasteiger partial charge in [0.15, 0.2) is 5.69 Å². The van der Waals surface area contributed by atoms with Gasteiger partial charge in [0.1, 0.15) is 23.8 Å². The number of alkyl halides is 3. The summed E-state index contributed by atoms with van der Waals surface area (Å²) in [4.78, 5) is 11.6. The van der Waals surface area contributed by atoms with E-state index >= 15 is 0 Å². The van der Waals surface area contributed by atoms with Crippen molar-refractivity contribution in [3.63, 3.8) is 0 Å². The van der Waals surface area contributed by atoms with Gasteiger partial charge in [0.2, 0.25) is 0 Å². The fourth-order valence-electron chi connectivity index (χ4n) is 2.82. The van der Waals surface area contributed by atoms with E-state index in [1.165, 1.54) is 10.8 Å². The zero-order chi connectivity index (χ0) is 16.9. The molecule has 3 aromatic rings. The van der Waals surface area contributed by atoms with Gasteiger partial charge in [0, 0.05) is 18.5 Å². The summed E-state index contributed by atoms with van der Waals surface area (Å²) in [7, 11) is 0. The van der Waals surface area contributed by atoms with E-state index in [0.717, 1.165) is 18.3 Å². The maximum absolute atomic E-state index is 13.0. The molecule has 126 valence electrons. The monoisotopic (exact) mass is 338 g/mol. The Morgan fingerprint density at radius 3 is 2.92 bits per heavy atom. The second-order valence-corrected chi connectivity index (χ2v) is 5.63. The molecule has 0 unspecified atom stereocenters. The minimum atomic E-state index is -4.55. The Hall–Kier alpha value is -2.72. The van der Waals surface area contributed by atoms with Gasteiger partial charge < -0.3 is 5.32 Å². The number of nitrogens with one attached hydrogen (secondary N) is 1. The van der Waals surface area contributed by atoms with Crippen molar-refractivity contribution < 1.29 is 13.2 Å². The molecule has 0 spiro atoms. The molecule has 0 radical (unpaired) electrons. The van der Waals surface area contributed by atoms with Gasteiger partial charge in [-0.3, -0.25) is 0 Å². The molecule has 3 aromatic heterocycles. The fraction of sp³-hybridized carbons (Fsp3) is 0.462. The van der Waals surface area contributed by atoms with E-state index in [2.05, 4.69) is 30.5 Å². The lowest BCUT2D eigenvalue weighted by molar-refractivity contribution is -0.141. The van der Waals surface area contributed by atoms with Crippen LogP contribution in [-0.2, 0) is 19.1 Å². The molecule has 24 heavy (non-hydrogen) atoms. The highest BCUT2D eigenvalue weighted by Crippen LogP contribution is 2.30. The fourth-order valence-corrected chi connectivity index (χ4v) is 2.82. The number of nitrogens with zero attached hydrogens (tertiary/aromatic N) is 7. The third-order valence-electron chi connectivity index (χ3n) is 3.86. The molecule has 0 aromatic carbocycles. The minimum absolute atomic E-state index is 0.0884. The minimum Gasteiger partial charge on any atom is -0.365 e. The summed E-state index contributed by atoms with van der Waals surface area (Å²) in [5.41, 5.74) is -1.00. The molecule has 11 heteroatoms. The first-order chi connectivity index (χ1) is 11.4. The molecule has 0 aliphatic carbocycles. The van der Waals surface area contributed by atoms with Crippen LogP contribution in [0.3, 0.4) is 0 Å². The summed E-state index contributed by atoms with van der Waals surface area (Å²) in [6, 6.07) is 0.860. The Kier molecular flexibility index (Phi) is 3.18. The number of aromatic nitrogens is 7. The summed E-state index contributed by atoms with van der Waals surface area (Å²) in [5.74, 6) is 1.69. The van der Waals surface area contributed by atoms with E-state index in [9.17, 15) is 13.2 Å². The maximum Gasteiger partial charge on any atom is 0.433 e. The molecule has 0 amide bonds. The summed E-state index contributed by atoms with van der Waals surface area (Å²) in [5, 5.41) is 11.3. The Morgan fingerprint density at radius 2 is 2.12 bits per heavy atom. The van der Waals surface area contributed by atoms with Crippen molar-refractivity contribution in [2.45, 2.75) is 38.5 Å². The predicted octanol–water partition coefficient (Wildman–Crippen LogP) is 1.47. The number of fused-ring (bicyclic) bond motifs is 2. The molecule has 1 N–H and O–H groups in total. The van der Waals surface area contributed by atoms with Crippen molar-refractivity contribution in [2.75, 3.05) is 5.32 Å². The molecule has 0 saturated carbocycles. The van der Waals surface area contributed by atoms with Crippen molar-refractivity contribution in [1.82, 2.24) is 34.3 Å². The molecule has 0 fully saturated rings. The molecule has 4 rings (SSSR count). The Morgan fingerprint density at radius 1 is 1.29 bits per heavy atom. The Bertz CT molecular complexity index is 896. The van der Waals surface area contributed by atoms with E-state index in [-0.39, 0.29) is 17.6 Å². The first-order valence-electron chi connectivity index (χ1n) is 7.35. The van der Waals surface area contributed by atoms with Gasteiger partial charge in [-0.05, 0) is 13.3 Å². The normalized spacial score (nSPS) is 17.9. The van der Waals surface area contributed by atoms with E-state index in [4.69, 9.17) is 0 Å². The molecule has 4 heterocycles. The van der Waals surface area contributed by atoms with Crippen molar-refractivity contribution in [3.05, 3.63) is 29.7 Å². The van der Waals surface area contributed by atoms with Gasteiger partial charge in [-0.25, -0.2) is 14.6 Å². The van der Waals surface area contributed by atoms with Crippen LogP contribution in [0.2, 0.25) is 0 Å². The Labute approximate surface area is 133 Å². The molecule has 0 bridgehead atoms. The van der Waals surface area contributed by atoms with Gasteiger partial charge >= 0.3 is 6.18 Å². The summed E-state index contributed by atoms with van der Waals surface area (Å²) in [6.07, 6.45) is -1.94. The van der Waals surface area contributed by atoms with Gasteiger partial charge in [0.05, 0.1) is 6.54 Å². The van der Waals surface area contributed by atoms with Crippen molar-refractivity contribution in [3.8, 4) is 0 Å². The highest BCUT2D eigenvalue weighted by atomic mass is 19.4. The van der Waals surface area contributed by atoms with Gasteiger partial charge in [-0.1, -0.05) is 0 Å². The van der Waals surface area contributed by atoms with Crippen LogP contribution in [0, 0.1) is 6.92 Å². The predicted molar refractivity (Wildman–Crippen MR) is 76.3 cm³/mol. The largest absolute Gasteiger partial charge is 0.433 e. The topological polar surface area (TPSA) is 85.8 Å². The van der Waals surface area contributed by atoms with E-state index < -0.39 is 11.9 Å². The molecule has 1 atom stereocenters. The SMILES string of the molecule is Cc1nc2n(n1)C[C@@H](Nc1cc(C(F)(F)F)nc3ncnn13)CC2. The molecule has 8 nitrogen and oxygen atoms in total. The molecule has 0 saturated heterocycles. The molecular formula is C13H13F3N8. The van der Waals surface area contributed by atoms with Crippen LogP contribution in [-0.4, -0.2) is 40.4 Å². The maximum atomic E-state index is 13.0. The zero-order valence-electron chi connectivity index (χ0n) is 12.6. The third-order valence-corrected chi connectivity index (χ3v) is 3.86. The van der Waals surface area contributed by atoms with Crippen molar-refractivity contribution in [1.29, 1.82) is 0 Å². The van der Waals surface area contributed by atoms with Crippen LogP contribution in [0.5, 0.6) is 0 Å². The lowest BCUT2D eigenvalue weighted by Crippen LogP contribution is -2.33. The van der Waals surface area contributed by atoms with Gasteiger partial charge in [-0.2, -0.15) is 32.9 Å². The number of rotatable bonds is 2. The second kappa shape index (κ2) is 5.14. The number of aryl methyl sites for hydroxylation is 2. The van der Waals surface area contributed by atoms with E-state index in [1.54, 1.807) is 4.68 Å². The second-order valence-electron chi connectivity index (χ2n) is 5.63. The van der Waals surface area contributed by atoms with Crippen LogP contribution >= 0.6 is 0 Å². The van der Waals surface area contributed by atoms with Crippen molar-refractivity contribution >= 4 is 11.6 Å². The molecule has 1 aliphatic heterocycles. The van der Waals surface area contributed by atoms with Gasteiger partial charge in [-0.15, -0.1) is 0 Å². The van der Waals surface area contributed by atoms with Gasteiger partial charge in [0.25, 0.3) is 5.78 Å². The average molecular weight is 338 g/mol. The van der Waals surface area contributed by atoms with Crippen LogP contribution < -0.4 is 5.32 Å². The lowest BCUT2D eigenvalue weighted by Gasteiger charge is -2.24. The number of hydrogen-bond donors (Lipinski definition) is 1. The highest BCUT2D eigenvalue weighted by Gasteiger charge is 2.34. The standard InChI is InChI=1S/C13H13F3N8/c1-7-19-10-3-2-8(5-23(10)22-7)20-11-4-9(13(14,15)16)21-12-17-6-18-24(11)12/h4,6,8,20H,2-3,5H2,1H3/t8-/m0/s1. The molecular weight excluding hydrogens is 325 g/mol. The van der Waals surface area contributed by atoms with Crippen molar-refractivity contribution in [2.24, 2.45) is 0 Å². The molecule has 1 aliphatic rings. The lowest BCUT2D eigenvalue weighted by atomic mass is 10.1. The summed E-state index contributed by atoms with van der Waals surface area (Å²) < 4.78 is 42.1. The average Bonchev–Trinajstić information content (AvgIpc) is 3.10. The van der Waals surface area contributed by atoms with E-state index in [0.29, 0.717) is 18.8 Å².